The van der Waals surface area contributed by atoms with E-state index in [2.05, 4.69) is 6.58 Å². The molecule has 0 atom stereocenters. The number of hydrogen-bond donors (Lipinski definition) is 1. The largest absolute Gasteiger partial charge is 0.477 e. The first-order valence-corrected chi connectivity index (χ1v) is 3.41. The third-order valence-corrected chi connectivity index (χ3v) is 1.23. The van der Waals surface area contributed by atoms with Crippen molar-refractivity contribution in [1.82, 2.24) is 0 Å². The lowest BCUT2D eigenvalue weighted by molar-refractivity contribution is -0.419. The molecule has 0 fully saturated rings. The number of nitrogens with zero attached hydrogens (tertiary/aromatic N) is 1. The fourth-order valence-corrected chi connectivity index (χ4v) is 0.708. The number of carbonyl (C=O) groups is 1. The van der Waals surface area contributed by atoms with Crippen LogP contribution in [0.3, 0.4) is 0 Å². The topological polar surface area (TPSA) is 80.4 Å². The average Bonchev–Trinajstić information content (AvgIpc) is 2.03. The van der Waals surface area contributed by atoms with Crippen molar-refractivity contribution in [1.29, 1.82) is 0 Å². The lowest BCUT2D eigenvalue weighted by Gasteiger charge is -1.95. The van der Waals surface area contributed by atoms with Gasteiger partial charge in [0, 0.05) is 6.08 Å². The number of aliphatic carboxylic acids is 1. The summed E-state index contributed by atoms with van der Waals surface area (Å²) in [7, 11) is 0. The number of carboxylic acid groups (broad SMARTS) is 1. The van der Waals surface area contributed by atoms with Gasteiger partial charge < -0.3 is 5.11 Å². The van der Waals surface area contributed by atoms with Crippen molar-refractivity contribution in [3.05, 3.63) is 46.2 Å². The van der Waals surface area contributed by atoms with Gasteiger partial charge in [0.2, 0.25) is 0 Å². The van der Waals surface area contributed by atoms with Crippen LogP contribution < -0.4 is 0 Å². The van der Waals surface area contributed by atoms with Crippen LogP contribution in [0.1, 0.15) is 6.92 Å². The highest BCUT2D eigenvalue weighted by Crippen LogP contribution is 2.08. The lowest BCUT2D eigenvalue weighted by Crippen LogP contribution is -2.07. The Balaban J connectivity index is 5.38. The van der Waals surface area contributed by atoms with Gasteiger partial charge in [0.15, 0.2) is 0 Å². The Labute approximate surface area is 74.8 Å². The predicted octanol–water partition coefficient (Wildman–Crippen LogP) is 1.36. The maximum absolute atomic E-state index is 10.5. The summed E-state index contributed by atoms with van der Waals surface area (Å²) in [6.07, 6.45) is 3.45. The monoisotopic (exact) mass is 183 g/mol. The Kier molecular flexibility index (Phi) is 4.15. The second-order valence-corrected chi connectivity index (χ2v) is 2.07. The first kappa shape index (κ1) is 11.1. The molecule has 0 aromatic heterocycles. The highest BCUT2D eigenvalue weighted by Gasteiger charge is 2.18. The summed E-state index contributed by atoms with van der Waals surface area (Å²) in [6, 6.07) is 0. The zero-order valence-electron chi connectivity index (χ0n) is 7.06. The minimum absolute atomic E-state index is 0.414. The second-order valence-electron chi connectivity index (χ2n) is 2.07. The molecule has 0 aromatic carbocycles. The molecule has 13 heavy (non-hydrogen) atoms. The fourth-order valence-electron chi connectivity index (χ4n) is 0.708. The third kappa shape index (κ3) is 2.90. The molecule has 5 nitrogen and oxygen atoms in total. The van der Waals surface area contributed by atoms with Gasteiger partial charge in [-0.1, -0.05) is 12.7 Å². The van der Waals surface area contributed by atoms with Crippen LogP contribution in [0.4, 0.5) is 0 Å². The van der Waals surface area contributed by atoms with E-state index in [1.165, 1.54) is 6.08 Å². The van der Waals surface area contributed by atoms with Crippen LogP contribution in [0.5, 0.6) is 0 Å². The van der Waals surface area contributed by atoms with Crippen LogP contribution in [0, 0.1) is 10.1 Å². The molecule has 0 bridgehead atoms. The zero-order chi connectivity index (χ0) is 10.4. The molecule has 0 saturated heterocycles. The van der Waals surface area contributed by atoms with Crippen LogP contribution in [-0.2, 0) is 4.79 Å². The van der Waals surface area contributed by atoms with E-state index >= 15 is 0 Å². The first-order valence-electron chi connectivity index (χ1n) is 3.41. The smallest absolute Gasteiger partial charge is 0.342 e. The molecule has 0 heterocycles. The normalized spacial score (nSPS) is 12.4. The lowest BCUT2D eigenvalue weighted by atomic mass is 10.2. The van der Waals surface area contributed by atoms with Crippen molar-refractivity contribution < 1.29 is 14.8 Å². The van der Waals surface area contributed by atoms with Gasteiger partial charge in [-0.15, -0.1) is 0 Å². The number of nitro groups is 1. The van der Waals surface area contributed by atoms with Gasteiger partial charge in [-0.2, -0.15) is 0 Å². The molecule has 0 spiro atoms. The zero-order valence-corrected chi connectivity index (χ0v) is 7.06. The van der Waals surface area contributed by atoms with Crippen LogP contribution in [0.15, 0.2) is 36.1 Å². The van der Waals surface area contributed by atoms with E-state index in [0.717, 1.165) is 12.2 Å². The maximum atomic E-state index is 10.5. The number of carboxylic acids is 1. The van der Waals surface area contributed by atoms with Gasteiger partial charge in [-0.25, -0.2) is 4.79 Å². The van der Waals surface area contributed by atoms with Crippen molar-refractivity contribution >= 4 is 5.97 Å². The minimum Gasteiger partial charge on any atom is -0.477 e. The van der Waals surface area contributed by atoms with Crippen molar-refractivity contribution in [2.45, 2.75) is 6.92 Å². The van der Waals surface area contributed by atoms with E-state index in [1.807, 2.05) is 0 Å². The SMILES string of the molecule is C=C/C(C(=O)O)=C(\C=C/C)[N+](=O)[O-]. The molecule has 0 amide bonds. The molecule has 70 valence electrons. The summed E-state index contributed by atoms with van der Waals surface area (Å²) >= 11 is 0. The van der Waals surface area contributed by atoms with E-state index in [9.17, 15) is 14.9 Å². The third-order valence-electron chi connectivity index (χ3n) is 1.23. The summed E-state index contributed by atoms with van der Waals surface area (Å²) in [5.74, 6) is -1.36. The molecule has 0 aromatic rings. The minimum atomic E-state index is -1.36. The molecule has 0 saturated carbocycles. The molecule has 0 aliphatic carbocycles. The van der Waals surface area contributed by atoms with Crippen LogP contribution >= 0.6 is 0 Å². The van der Waals surface area contributed by atoms with Crippen molar-refractivity contribution in [2.75, 3.05) is 0 Å². The number of allylic oxidation sites excluding steroid dienone is 2. The first-order chi connectivity index (χ1) is 6.04. The summed E-state index contributed by atoms with van der Waals surface area (Å²) in [5.41, 5.74) is -0.881. The van der Waals surface area contributed by atoms with Gasteiger partial charge >= 0.3 is 5.97 Å². The quantitative estimate of drug-likeness (QED) is 0.309. The van der Waals surface area contributed by atoms with Crippen LogP contribution in [0.2, 0.25) is 0 Å². The van der Waals surface area contributed by atoms with Crippen LogP contribution in [0.25, 0.3) is 0 Å². The summed E-state index contributed by atoms with van der Waals surface area (Å²) in [6.45, 7) is 4.75. The van der Waals surface area contributed by atoms with Crippen molar-refractivity contribution in [3.63, 3.8) is 0 Å². The molecule has 0 aliphatic heterocycles. The molecule has 0 radical (unpaired) electrons. The summed E-state index contributed by atoms with van der Waals surface area (Å²) in [4.78, 5) is 20.1. The Morgan fingerprint density at radius 1 is 1.62 bits per heavy atom. The Bertz CT molecular complexity index is 301. The fraction of sp³-hybridized carbons (Fsp3) is 0.125. The molecule has 0 rings (SSSR count). The van der Waals surface area contributed by atoms with Gasteiger partial charge in [0.05, 0.1) is 4.92 Å². The molecule has 0 aliphatic rings. The van der Waals surface area contributed by atoms with Gasteiger partial charge in [0.25, 0.3) is 5.70 Å². The van der Waals surface area contributed by atoms with Crippen LogP contribution in [-0.4, -0.2) is 16.0 Å². The standard InChI is InChI=1S/C8H9NO4/c1-3-5-7(9(12)13)6(4-2)8(10)11/h3-5H,2H2,1H3,(H,10,11)/b5-3-,7-6-. The Morgan fingerprint density at radius 3 is 2.38 bits per heavy atom. The number of hydrogen-bond acceptors (Lipinski definition) is 3. The van der Waals surface area contributed by atoms with E-state index in [4.69, 9.17) is 5.11 Å². The highest BCUT2D eigenvalue weighted by molar-refractivity contribution is 5.90. The highest BCUT2D eigenvalue weighted by atomic mass is 16.6. The summed E-state index contributed by atoms with van der Waals surface area (Å²) in [5, 5.41) is 18.9. The molecule has 0 unspecified atom stereocenters. The van der Waals surface area contributed by atoms with Gasteiger partial charge in [-0.3, -0.25) is 10.1 Å². The van der Waals surface area contributed by atoms with E-state index in [-0.39, 0.29) is 0 Å². The van der Waals surface area contributed by atoms with E-state index in [1.54, 1.807) is 6.92 Å². The second kappa shape index (κ2) is 4.87. The molecule has 1 N–H and O–H groups in total. The number of rotatable bonds is 4. The molecular formula is C8H9NO4. The average molecular weight is 183 g/mol. The molecular weight excluding hydrogens is 174 g/mol. The summed E-state index contributed by atoms with van der Waals surface area (Å²) < 4.78 is 0. The Morgan fingerprint density at radius 2 is 2.15 bits per heavy atom. The van der Waals surface area contributed by atoms with Gasteiger partial charge in [-0.05, 0) is 13.0 Å². The maximum Gasteiger partial charge on any atom is 0.342 e. The predicted molar refractivity (Wildman–Crippen MR) is 46.7 cm³/mol. The van der Waals surface area contributed by atoms with E-state index in [0.29, 0.717) is 0 Å². The van der Waals surface area contributed by atoms with Crippen molar-refractivity contribution in [3.8, 4) is 0 Å². The van der Waals surface area contributed by atoms with E-state index < -0.39 is 22.2 Å². The van der Waals surface area contributed by atoms with Crippen molar-refractivity contribution in [2.24, 2.45) is 0 Å². The molecule has 5 heteroatoms. The Hall–Kier alpha value is -1.91. The van der Waals surface area contributed by atoms with Gasteiger partial charge in [0.1, 0.15) is 5.57 Å².